The number of piperidine rings is 1. The summed E-state index contributed by atoms with van der Waals surface area (Å²) in [7, 11) is 0. The van der Waals surface area contributed by atoms with Crippen LogP contribution in [0.4, 0.5) is 20.6 Å². The third-order valence-corrected chi connectivity index (χ3v) is 4.79. The van der Waals surface area contributed by atoms with Crippen LogP contribution in [0.2, 0.25) is 0 Å². The molecule has 0 atom stereocenters. The largest absolute Gasteiger partial charge is 0.348 e. The van der Waals surface area contributed by atoms with Crippen LogP contribution in [0, 0.1) is 11.7 Å². The molecule has 29 heavy (non-hydrogen) atoms. The van der Waals surface area contributed by atoms with Crippen LogP contribution in [0.25, 0.3) is 0 Å². The zero-order valence-electron chi connectivity index (χ0n) is 15.9. The van der Waals surface area contributed by atoms with E-state index in [0.29, 0.717) is 31.0 Å². The highest BCUT2D eigenvalue weighted by Gasteiger charge is 2.24. The third-order valence-electron chi connectivity index (χ3n) is 4.79. The predicted octanol–water partition coefficient (Wildman–Crippen LogP) is 2.82. The van der Waals surface area contributed by atoms with Crippen molar-refractivity contribution in [2.75, 3.05) is 30.3 Å². The Hall–Kier alpha value is -3.42. The van der Waals surface area contributed by atoms with Crippen LogP contribution in [0.15, 0.2) is 54.6 Å². The Morgan fingerprint density at radius 2 is 1.48 bits per heavy atom. The lowest BCUT2D eigenvalue weighted by atomic mass is 9.97. The van der Waals surface area contributed by atoms with Gasteiger partial charge in [-0.05, 0) is 55.2 Å². The first-order valence-electron chi connectivity index (χ1n) is 9.47. The van der Waals surface area contributed by atoms with E-state index in [1.165, 1.54) is 24.3 Å². The highest BCUT2D eigenvalue weighted by atomic mass is 19.1. The van der Waals surface area contributed by atoms with E-state index in [2.05, 4.69) is 16.0 Å². The first-order chi connectivity index (χ1) is 14.0. The van der Waals surface area contributed by atoms with Gasteiger partial charge in [-0.1, -0.05) is 18.2 Å². The number of urea groups is 1. The molecule has 7 nitrogen and oxygen atoms in total. The van der Waals surface area contributed by atoms with E-state index in [-0.39, 0.29) is 17.8 Å². The molecule has 1 aliphatic heterocycles. The zero-order valence-corrected chi connectivity index (χ0v) is 15.9. The van der Waals surface area contributed by atoms with Gasteiger partial charge in [-0.15, -0.1) is 0 Å². The minimum Gasteiger partial charge on any atom is -0.348 e. The summed E-state index contributed by atoms with van der Waals surface area (Å²) in [6.07, 6.45) is 1.44. The number of rotatable bonds is 4. The number of anilines is 2. The lowest BCUT2D eigenvalue weighted by Crippen LogP contribution is -2.44. The van der Waals surface area contributed by atoms with Crippen molar-refractivity contribution in [1.29, 1.82) is 0 Å². The van der Waals surface area contributed by atoms with Gasteiger partial charge in [0.2, 0.25) is 0 Å². The number of nitrogens with zero attached hydrogens (tertiary/aromatic N) is 1. The number of para-hydroxylation sites is 1. The second-order valence-corrected chi connectivity index (χ2v) is 6.90. The van der Waals surface area contributed by atoms with Gasteiger partial charge in [0.25, 0.3) is 0 Å². The smallest absolute Gasteiger partial charge is 0.321 e. The zero-order chi connectivity index (χ0) is 20.6. The van der Waals surface area contributed by atoms with Gasteiger partial charge >= 0.3 is 17.8 Å². The van der Waals surface area contributed by atoms with Crippen molar-refractivity contribution in [3.05, 3.63) is 60.4 Å². The molecule has 0 aromatic heterocycles. The molecule has 0 radical (unpaired) electrons. The fourth-order valence-electron chi connectivity index (χ4n) is 3.10. The molecule has 2 aromatic rings. The maximum Gasteiger partial charge on any atom is 0.321 e. The average Bonchev–Trinajstić information content (AvgIpc) is 2.74. The van der Waals surface area contributed by atoms with E-state index in [0.717, 1.165) is 12.8 Å². The molecular weight excluding hydrogens is 375 g/mol. The number of hydrogen-bond acceptors (Lipinski definition) is 3. The van der Waals surface area contributed by atoms with Crippen molar-refractivity contribution < 1.29 is 18.8 Å². The minimum absolute atomic E-state index is 0.193. The Balaban J connectivity index is 1.38. The molecule has 1 fully saturated rings. The molecule has 3 rings (SSSR count). The second-order valence-electron chi connectivity index (χ2n) is 6.90. The summed E-state index contributed by atoms with van der Waals surface area (Å²) in [5, 5.41) is 7.94. The maximum absolute atomic E-state index is 12.9. The van der Waals surface area contributed by atoms with E-state index < -0.39 is 11.8 Å². The van der Waals surface area contributed by atoms with E-state index in [1.807, 2.05) is 6.07 Å². The van der Waals surface area contributed by atoms with E-state index in [9.17, 15) is 18.8 Å². The van der Waals surface area contributed by atoms with Crippen LogP contribution >= 0.6 is 0 Å². The molecule has 1 aliphatic rings. The number of carbonyl (C=O) groups is 3. The number of carbonyl (C=O) groups excluding carboxylic acids is 3. The van der Waals surface area contributed by atoms with Crippen LogP contribution < -0.4 is 16.0 Å². The molecule has 2 aromatic carbocycles. The van der Waals surface area contributed by atoms with E-state index in [4.69, 9.17) is 0 Å². The van der Waals surface area contributed by atoms with Gasteiger partial charge < -0.3 is 20.9 Å². The standard InChI is InChI=1S/C21H23FN4O3/c22-16-6-8-18(9-7-16)25-21(29)26-12-10-15(11-13-26)14-23-19(27)20(28)24-17-4-2-1-3-5-17/h1-9,15H,10-14H2,(H,23,27)(H,24,28)(H,25,29). The number of halogens is 1. The highest BCUT2D eigenvalue weighted by molar-refractivity contribution is 6.39. The van der Waals surface area contributed by atoms with Gasteiger partial charge in [0.05, 0.1) is 0 Å². The molecule has 152 valence electrons. The van der Waals surface area contributed by atoms with Crippen molar-refractivity contribution in [2.45, 2.75) is 12.8 Å². The molecule has 0 bridgehead atoms. The normalized spacial score (nSPS) is 14.2. The molecular formula is C21H23FN4O3. The summed E-state index contributed by atoms with van der Waals surface area (Å²) in [5.74, 6) is -1.54. The SMILES string of the molecule is O=C(NCC1CCN(C(=O)Nc2ccc(F)cc2)CC1)C(=O)Nc1ccccc1. The molecule has 1 heterocycles. The van der Waals surface area contributed by atoms with Gasteiger partial charge in [0.15, 0.2) is 0 Å². The molecule has 0 saturated carbocycles. The number of benzene rings is 2. The number of likely N-dealkylation sites (tertiary alicyclic amines) is 1. The monoisotopic (exact) mass is 398 g/mol. The first-order valence-corrected chi connectivity index (χ1v) is 9.47. The highest BCUT2D eigenvalue weighted by Crippen LogP contribution is 2.18. The lowest BCUT2D eigenvalue weighted by Gasteiger charge is -2.32. The van der Waals surface area contributed by atoms with E-state index >= 15 is 0 Å². The van der Waals surface area contributed by atoms with Crippen molar-refractivity contribution in [3.8, 4) is 0 Å². The van der Waals surface area contributed by atoms with Crippen LogP contribution in [0.3, 0.4) is 0 Å². The number of amides is 4. The van der Waals surface area contributed by atoms with Gasteiger partial charge in [0.1, 0.15) is 5.82 Å². The predicted molar refractivity (Wildman–Crippen MR) is 108 cm³/mol. The molecule has 4 amide bonds. The summed E-state index contributed by atoms with van der Waals surface area (Å²) >= 11 is 0. The topological polar surface area (TPSA) is 90.5 Å². The van der Waals surface area contributed by atoms with Gasteiger partial charge in [-0.2, -0.15) is 0 Å². The average molecular weight is 398 g/mol. The Morgan fingerprint density at radius 3 is 2.14 bits per heavy atom. The molecule has 0 spiro atoms. The van der Waals surface area contributed by atoms with E-state index in [1.54, 1.807) is 29.2 Å². The summed E-state index contributed by atoms with van der Waals surface area (Å²) in [6, 6.07) is 14.1. The first kappa shape index (κ1) is 20.3. The number of hydrogen-bond donors (Lipinski definition) is 3. The molecule has 0 aliphatic carbocycles. The lowest BCUT2D eigenvalue weighted by molar-refractivity contribution is -0.136. The van der Waals surface area contributed by atoms with Gasteiger partial charge in [-0.3, -0.25) is 9.59 Å². The minimum atomic E-state index is -0.702. The maximum atomic E-state index is 12.9. The Bertz CT molecular complexity index is 850. The Morgan fingerprint density at radius 1 is 0.862 bits per heavy atom. The van der Waals surface area contributed by atoms with Gasteiger partial charge in [-0.25, -0.2) is 9.18 Å². The molecule has 0 unspecified atom stereocenters. The second kappa shape index (κ2) is 9.68. The quantitative estimate of drug-likeness (QED) is 0.692. The van der Waals surface area contributed by atoms with Crippen molar-refractivity contribution in [2.24, 2.45) is 5.92 Å². The van der Waals surface area contributed by atoms with Crippen molar-refractivity contribution in [3.63, 3.8) is 0 Å². The van der Waals surface area contributed by atoms with Crippen LogP contribution in [-0.2, 0) is 9.59 Å². The number of nitrogens with one attached hydrogen (secondary N) is 3. The summed E-state index contributed by atoms with van der Waals surface area (Å²) in [6.45, 7) is 1.47. The Kier molecular flexibility index (Phi) is 6.78. The van der Waals surface area contributed by atoms with Crippen LogP contribution in [0.1, 0.15) is 12.8 Å². The molecule has 1 saturated heterocycles. The summed E-state index contributed by atoms with van der Waals surface area (Å²) in [5.41, 5.74) is 1.10. The summed E-state index contributed by atoms with van der Waals surface area (Å²) < 4.78 is 12.9. The fraction of sp³-hybridized carbons (Fsp3) is 0.286. The van der Waals surface area contributed by atoms with Gasteiger partial charge in [0, 0.05) is 31.0 Å². The summed E-state index contributed by atoms with van der Waals surface area (Å²) in [4.78, 5) is 37.8. The fourth-order valence-corrected chi connectivity index (χ4v) is 3.10. The molecule has 3 N–H and O–H groups in total. The van der Waals surface area contributed by atoms with Crippen LogP contribution in [0.5, 0.6) is 0 Å². The Labute approximate surface area is 168 Å². The molecule has 8 heteroatoms. The third kappa shape index (κ3) is 6.03. The van der Waals surface area contributed by atoms with Crippen molar-refractivity contribution >= 4 is 29.2 Å². The van der Waals surface area contributed by atoms with Crippen molar-refractivity contribution in [1.82, 2.24) is 10.2 Å². The van der Waals surface area contributed by atoms with Crippen LogP contribution in [-0.4, -0.2) is 42.4 Å².